The van der Waals surface area contributed by atoms with Gasteiger partial charge in [-0.2, -0.15) is 0 Å². The highest BCUT2D eigenvalue weighted by molar-refractivity contribution is 7.11. The van der Waals surface area contributed by atoms with Crippen LogP contribution in [0.25, 0.3) is 11.3 Å². The van der Waals surface area contributed by atoms with Crippen molar-refractivity contribution in [1.82, 2.24) is 4.98 Å². The minimum atomic E-state index is 0.532. The number of aldehydes is 1. The van der Waals surface area contributed by atoms with Crippen LogP contribution in [-0.2, 0) is 0 Å². The SMILES string of the molecule is Cc1ccc(-c2csc(C=O)n2)c(C)c1. The molecule has 0 spiro atoms. The minimum Gasteiger partial charge on any atom is -0.295 e. The van der Waals surface area contributed by atoms with E-state index in [0.717, 1.165) is 17.5 Å². The molecule has 0 saturated carbocycles. The van der Waals surface area contributed by atoms with Gasteiger partial charge in [-0.1, -0.05) is 23.8 Å². The number of aromatic nitrogens is 1. The first kappa shape index (κ1) is 10.1. The van der Waals surface area contributed by atoms with E-state index in [4.69, 9.17) is 0 Å². The molecule has 0 saturated heterocycles. The Morgan fingerprint density at radius 3 is 2.73 bits per heavy atom. The molecule has 0 unspecified atom stereocenters. The third-order valence-electron chi connectivity index (χ3n) is 2.28. The molecule has 0 amide bonds. The van der Waals surface area contributed by atoms with E-state index in [1.807, 2.05) is 11.4 Å². The van der Waals surface area contributed by atoms with Gasteiger partial charge in [-0.05, 0) is 19.4 Å². The van der Waals surface area contributed by atoms with Gasteiger partial charge in [-0.25, -0.2) is 4.98 Å². The molecule has 0 aliphatic rings. The van der Waals surface area contributed by atoms with Gasteiger partial charge in [0.1, 0.15) is 0 Å². The lowest BCUT2D eigenvalue weighted by molar-refractivity contribution is 0.112. The molecule has 0 aliphatic carbocycles. The molecule has 0 N–H and O–H groups in total. The molecule has 3 heteroatoms. The fourth-order valence-electron chi connectivity index (χ4n) is 1.57. The number of nitrogens with zero attached hydrogens (tertiary/aromatic N) is 1. The highest BCUT2D eigenvalue weighted by Crippen LogP contribution is 2.25. The third kappa shape index (κ3) is 1.97. The highest BCUT2D eigenvalue weighted by atomic mass is 32.1. The van der Waals surface area contributed by atoms with E-state index in [1.54, 1.807) is 0 Å². The van der Waals surface area contributed by atoms with Crippen LogP contribution in [0.3, 0.4) is 0 Å². The molecule has 0 radical (unpaired) electrons. The zero-order valence-electron chi connectivity index (χ0n) is 8.65. The lowest BCUT2D eigenvalue weighted by Gasteiger charge is -2.03. The molecule has 1 heterocycles. The molecule has 0 fully saturated rings. The summed E-state index contributed by atoms with van der Waals surface area (Å²) in [6.45, 7) is 4.12. The Bertz CT molecular complexity index is 502. The van der Waals surface area contributed by atoms with Crippen molar-refractivity contribution in [1.29, 1.82) is 0 Å². The van der Waals surface area contributed by atoms with Gasteiger partial charge in [-0.3, -0.25) is 4.79 Å². The molecule has 76 valence electrons. The van der Waals surface area contributed by atoms with Crippen molar-refractivity contribution in [3.63, 3.8) is 0 Å². The molecule has 15 heavy (non-hydrogen) atoms. The fourth-order valence-corrected chi connectivity index (χ4v) is 2.19. The smallest absolute Gasteiger partial charge is 0.178 e. The van der Waals surface area contributed by atoms with Gasteiger partial charge in [0, 0.05) is 10.9 Å². The van der Waals surface area contributed by atoms with Crippen LogP contribution in [0, 0.1) is 13.8 Å². The predicted molar refractivity (Wildman–Crippen MR) is 62.4 cm³/mol. The second-order valence-corrected chi connectivity index (χ2v) is 4.40. The van der Waals surface area contributed by atoms with Crippen molar-refractivity contribution in [2.45, 2.75) is 13.8 Å². The summed E-state index contributed by atoms with van der Waals surface area (Å²) in [5.74, 6) is 0. The van der Waals surface area contributed by atoms with Gasteiger partial charge in [-0.15, -0.1) is 11.3 Å². The van der Waals surface area contributed by atoms with Crippen LogP contribution < -0.4 is 0 Å². The van der Waals surface area contributed by atoms with E-state index in [1.165, 1.54) is 22.5 Å². The minimum absolute atomic E-state index is 0.532. The number of rotatable bonds is 2. The lowest BCUT2D eigenvalue weighted by Crippen LogP contribution is -1.85. The van der Waals surface area contributed by atoms with Crippen molar-refractivity contribution in [3.8, 4) is 11.3 Å². The average molecular weight is 217 g/mol. The maximum Gasteiger partial charge on any atom is 0.178 e. The maximum absolute atomic E-state index is 10.5. The van der Waals surface area contributed by atoms with Crippen molar-refractivity contribution in [2.24, 2.45) is 0 Å². The number of hydrogen-bond acceptors (Lipinski definition) is 3. The van der Waals surface area contributed by atoms with E-state index in [2.05, 4.69) is 31.0 Å². The van der Waals surface area contributed by atoms with Gasteiger partial charge in [0.25, 0.3) is 0 Å². The number of carbonyl (C=O) groups is 1. The Kier molecular flexibility index (Phi) is 2.64. The normalized spacial score (nSPS) is 10.3. The number of carbonyl (C=O) groups excluding carboxylic acids is 1. The quantitative estimate of drug-likeness (QED) is 0.723. The fraction of sp³-hybridized carbons (Fsp3) is 0.167. The first-order valence-electron chi connectivity index (χ1n) is 4.69. The first-order chi connectivity index (χ1) is 7.20. The van der Waals surface area contributed by atoms with Gasteiger partial charge in [0.2, 0.25) is 0 Å². The Labute approximate surface area is 92.6 Å². The van der Waals surface area contributed by atoms with Crippen LogP contribution in [0.4, 0.5) is 0 Å². The van der Waals surface area contributed by atoms with Crippen molar-refractivity contribution < 1.29 is 4.79 Å². The number of thiazole rings is 1. The standard InChI is InChI=1S/C12H11NOS/c1-8-3-4-10(9(2)5-8)11-7-15-12(6-14)13-11/h3-7H,1-2H3. The molecule has 0 atom stereocenters. The van der Waals surface area contributed by atoms with Crippen molar-refractivity contribution in [2.75, 3.05) is 0 Å². The summed E-state index contributed by atoms with van der Waals surface area (Å²) in [6, 6.07) is 6.23. The summed E-state index contributed by atoms with van der Waals surface area (Å²) in [5.41, 5.74) is 4.42. The van der Waals surface area contributed by atoms with E-state index < -0.39 is 0 Å². The molecule has 2 rings (SSSR count). The predicted octanol–water partition coefficient (Wildman–Crippen LogP) is 3.24. The average Bonchev–Trinajstić information content (AvgIpc) is 2.66. The molecule has 2 aromatic rings. The van der Waals surface area contributed by atoms with Crippen LogP contribution in [0.15, 0.2) is 23.6 Å². The van der Waals surface area contributed by atoms with Gasteiger partial charge < -0.3 is 0 Å². The maximum atomic E-state index is 10.5. The molecule has 2 nitrogen and oxygen atoms in total. The monoisotopic (exact) mass is 217 g/mol. The van der Waals surface area contributed by atoms with Crippen LogP contribution in [0.2, 0.25) is 0 Å². The molecule has 1 aromatic heterocycles. The summed E-state index contributed by atoms with van der Waals surface area (Å²) in [6.07, 6.45) is 0.789. The van der Waals surface area contributed by atoms with Crippen LogP contribution in [0.5, 0.6) is 0 Å². The Morgan fingerprint density at radius 2 is 2.13 bits per heavy atom. The van der Waals surface area contributed by atoms with E-state index in [9.17, 15) is 4.79 Å². The molecular formula is C12H11NOS. The van der Waals surface area contributed by atoms with Crippen molar-refractivity contribution in [3.05, 3.63) is 39.7 Å². The van der Waals surface area contributed by atoms with Crippen LogP contribution >= 0.6 is 11.3 Å². The largest absolute Gasteiger partial charge is 0.295 e. The summed E-state index contributed by atoms with van der Waals surface area (Å²) in [4.78, 5) is 14.8. The topological polar surface area (TPSA) is 30.0 Å². The summed E-state index contributed by atoms with van der Waals surface area (Å²) in [5, 5.41) is 2.45. The summed E-state index contributed by atoms with van der Waals surface area (Å²) >= 11 is 1.38. The van der Waals surface area contributed by atoms with E-state index in [0.29, 0.717) is 5.01 Å². The summed E-state index contributed by atoms with van der Waals surface area (Å²) in [7, 11) is 0. The van der Waals surface area contributed by atoms with Gasteiger partial charge in [0.05, 0.1) is 5.69 Å². The van der Waals surface area contributed by atoms with Crippen LogP contribution in [-0.4, -0.2) is 11.3 Å². The summed E-state index contributed by atoms with van der Waals surface area (Å²) < 4.78 is 0. The van der Waals surface area contributed by atoms with Gasteiger partial charge >= 0.3 is 0 Å². The Morgan fingerprint density at radius 1 is 1.33 bits per heavy atom. The zero-order valence-corrected chi connectivity index (χ0v) is 9.47. The van der Waals surface area contributed by atoms with E-state index in [-0.39, 0.29) is 0 Å². The zero-order chi connectivity index (χ0) is 10.8. The number of benzene rings is 1. The molecule has 0 aliphatic heterocycles. The number of hydrogen-bond donors (Lipinski definition) is 0. The van der Waals surface area contributed by atoms with E-state index >= 15 is 0 Å². The molecule has 1 aromatic carbocycles. The highest BCUT2D eigenvalue weighted by Gasteiger charge is 2.06. The van der Waals surface area contributed by atoms with Gasteiger partial charge in [0.15, 0.2) is 11.3 Å². The number of aryl methyl sites for hydroxylation is 2. The van der Waals surface area contributed by atoms with Crippen molar-refractivity contribution >= 4 is 17.6 Å². The third-order valence-corrected chi connectivity index (χ3v) is 3.05. The second-order valence-electron chi connectivity index (χ2n) is 3.51. The lowest BCUT2D eigenvalue weighted by atomic mass is 10.0. The Hall–Kier alpha value is -1.48. The van der Waals surface area contributed by atoms with Crippen LogP contribution in [0.1, 0.15) is 20.9 Å². The molecular weight excluding hydrogens is 206 g/mol. The first-order valence-corrected chi connectivity index (χ1v) is 5.57. The Balaban J connectivity index is 2.49. The molecule has 0 bridgehead atoms. The second kappa shape index (κ2) is 3.95.